The molecule has 0 bridgehead atoms. The van der Waals surface area contributed by atoms with Crippen LogP contribution in [0.2, 0.25) is 5.02 Å². The maximum Gasteiger partial charge on any atom is 0.252 e. The van der Waals surface area contributed by atoms with Gasteiger partial charge in [0.15, 0.2) is 0 Å². The predicted molar refractivity (Wildman–Crippen MR) is 119 cm³/mol. The number of pyridine rings is 1. The van der Waals surface area contributed by atoms with E-state index in [0.717, 1.165) is 18.7 Å². The highest BCUT2D eigenvalue weighted by Crippen LogP contribution is 2.28. The Balaban J connectivity index is 1.46. The van der Waals surface area contributed by atoms with Crippen LogP contribution in [0.5, 0.6) is 0 Å². The van der Waals surface area contributed by atoms with Crippen molar-refractivity contribution in [3.05, 3.63) is 88.8 Å². The van der Waals surface area contributed by atoms with Crippen LogP contribution in [0.3, 0.4) is 0 Å². The standard InChI is InChI=1S/C24H23ClFN3O2/c25-21-7-2-1-6-20(21)23(29-10-12-31-13-11-29)16-28-24(30)18-8-9-22(27-15-18)17-4-3-5-19(26)14-17/h1-9,14-15,23H,10-13,16H2,(H,28,30). The largest absolute Gasteiger partial charge is 0.379 e. The topological polar surface area (TPSA) is 54.5 Å². The van der Waals surface area contributed by atoms with Gasteiger partial charge in [0.1, 0.15) is 5.82 Å². The molecule has 0 saturated carbocycles. The Morgan fingerprint density at radius 1 is 1.13 bits per heavy atom. The summed E-state index contributed by atoms with van der Waals surface area (Å²) in [5, 5.41) is 3.69. The van der Waals surface area contributed by atoms with Crippen LogP contribution in [0, 0.1) is 5.82 Å². The summed E-state index contributed by atoms with van der Waals surface area (Å²) in [5.41, 5.74) is 2.70. The second-order valence-electron chi connectivity index (χ2n) is 7.34. The molecule has 1 aliphatic heterocycles. The minimum absolute atomic E-state index is 0.0546. The van der Waals surface area contributed by atoms with Gasteiger partial charge >= 0.3 is 0 Å². The van der Waals surface area contributed by atoms with Gasteiger partial charge < -0.3 is 10.1 Å². The lowest BCUT2D eigenvalue weighted by Crippen LogP contribution is -2.44. The Hall–Kier alpha value is -2.80. The van der Waals surface area contributed by atoms with E-state index in [9.17, 15) is 9.18 Å². The first-order valence-electron chi connectivity index (χ1n) is 10.2. The number of ether oxygens (including phenoxy) is 1. The molecular weight excluding hydrogens is 417 g/mol. The van der Waals surface area contributed by atoms with Gasteiger partial charge in [-0.25, -0.2) is 4.39 Å². The molecule has 2 aromatic carbocycles. The number of nitrogens with one attached hydrogen (secondary N) is 1. The van der Waals surface area contributed by atoms with Crippen molar-refractivity contribution >= 4 is 17.5 Å². The SMILES string of the molecule is O=C(NCC(c1ccccc1Cl)N1CCOCC1)c1ccc(-c2cccc(F)c2)nc1. The first kappa shape index (κ1) is 21.4. The molecule has 2 heterocycles. The number of hydrogen-bond donors (Lipinski definition) is 1. The maximum absolute atomic E-state index is 13.4. The van der Waals surface area contributed by atoms with E-state index in [1.54, 1.807) is 24.3 Å². The Kier molecular flexibility index (Phi) is 6.92. The van der Waals surface area contributed by atoms with Gasteiger partial charge in [0.25, 0.3) is 5.91 Å². The monoisotopic (exact) mass is 439 g/mol. The molecule has 31 heavy (non-hydrogen) atoms. The Morgan fingerprint density at radius 3 is 2.65 bits per heavy atom. The van der Waals surface area contributed by atoms with E-state index >= 15 is 0 Å². The highest BCUT2D eigenvalue weighted by Gasteiger charge is 2.25. The first-order chi connectivity index (χ1) is 15.1. The van der Waals surface area contributed by atoms with E-state index in [1.165, 1.54) is 18.3 Å². The van der Waals surface area contributed by atoms with Crippen molar-refractivity contribution in [3.63, 3.8) is 0 Å². The summed E-state index contributed by atoms with van der Waals surface area (Å²) in [5.74, 6) is -0.543. The van der Waals surface area contributed by atoms with Crippen LogP contribution < -0.4 is 5.32 Å². The maximum atomic E-state index is 13.4. The molecule has 1 saturated heterocycles. The lowest BCUT2D eigenvalue weighted by atomic mass is 10.0. The molecule has 1 atom stereocenters. The van der Waals surface area contributed by atoms with Crippen molar-refractivity contribution in [2.45, 2.75) is 6.04 Å². The van der Waals surface area contributed by atoms with Crippen molar-refractivity contribution in [1.29, 1.82) is 0 Å². The van der Waals surface area contributed by atoms with Gasteiger partial charge in [-0.1, -0.05) is 41.9 Å². The van der Waals surface area contributed by atoms with Gasteiger partial charge in [-0.05, 0) is 35.9 Å². The Labute approximate surface area is 185 Å². The van der Waals surface area contributed by atoms with E-state index in [-0.39, 0.29) is 17.8 Å². The zero-order valence-corrected chi connectivity index (χ0v) is 17.7. The lowest BCUT2D eigenvalue weighted by molar-refractivity contribution is 0.0162. The van der Waals surface area contributed by atoms with Crippen LogP contribution in [0.4, 0.5) is 4.39 Å². The minimum atomic E-state index is -0.324. The summed E-state index contributed by atoms with van der Waals surface area (Å²) in [6.07, 6.45) is 1.51. The second-order valence-corrected chi connectivity index (χ2v) is 7.75. The normalized spacial score (nSPS) is 15.4. The zero-order chi connectivity index (χ0) is 21.6. The van der Waals surface area contributed by atoms with Crippen LogP contribution in [0.15, 0.2) is 66.9 Å². The molecule has 1 fully saturated rings. The highest BCUT2D eigenvalue weighted by atomic mass is 35.5. The van der Waals surface area contributed by atoms with Crippen molar-refractivity contribution in [3.8, 4) is 11.3 Å². The molecule has 4 rings (SSSR count). The molecule has 0 spiro atoms. The zero-order valence-electron chi connectivity index (χ0n) is 16.9. The number of hydrogen-bond acceptors (Lipinski definition) is 4. The Bertz CT molecular complexity index is 1040. The van der Waals surface area contributed by atoms with Gasteiger partial charge in [-0.2, -0.15) is 0 Å². The van der Waals surface area contributed by atoms with E-state index in [1.807, 2.05) is 24.3 Å². The molecule has 7 heteroatoms. The smallest absolute Gasteiger partial charge is 0.252 e. The molecule has 1 aromatic heterocycles. The number of rotatable bonds is 6. The van der Waals surface area contributed by atoms with Crippen LogP contribution >= 0.6 is 11.6 Å². The van der Waals surface area contributed by atoms with E-state index in [2.05, 4.69) is 15.2 Å². The molecule has 1 unspecified atom stereocenters. The second kappa shape index (κ2) is 10.0. The molecule has 1 N–H and O–H groups in total. The van der Waals surface area contributed by atoms with Crippen molar-refractivity contribution < 1.29 is 13.9 Å². The fraction of sp³-hybridized carbons (Fsp3) is 0.250. The number of morpholine rings is 1. The van der Waals surface area contributed by atoms with Gasteiger partial charge in [0.2, 0.25) is 0 Å². The van der Waals surface area contributed by atoms with Crippen LogP contribution in [0.25, 0.3) is 11.3 Å². The number of aromatic nitrogens is 1. The molecule has 3 aromatic rings. The summed E-state index contributed by atoms with van der Waals surface area (Å²) in [6, 6.07) is 17.3. The highest BCUT2D eigenvalue weighted by molar-refractivity contribution is 6.31. The predicted octanol–water partition coefficient (Wildman–Crippen LogP) is 4.34. The molecule has 1 amide bonds. The van der Waals surface area contributed by atoms with Gasteiger partial charge in [-0.15, -0.1) is 0 Å². The van der Waals surface area contributed by atoms with Gasteiger partial charge in [-0.3, -0.25) is 14.7 Å². The molecule has 5 nitrogen and oxygen atoms in total. The van der Waals surface area contributed by atoms with Crippen LogP contribution in [-0.4, -0.2) is 48.6 Å². The molecule has 160 valence electrons. The summed E-state index contributed by atoms with van der Waals surface area (Å²) in [6.45, 7) is 3.26. The van der Waals surface area contributed by atoms with Crippen molar-refractivity contribution in [1.82, 2.24) is 15.2 Å². The number of nitrogens with zero attached hydrogens (tertiary/aromatic N) is 2. The third-order valence-corrected chi connectivity index (χ3v) is 5.70. The number of benzene rings is 2. The average Bonchev–Trinajstić information content (AvgIpc) is 2.81. The van der Waals surface area contributed by atoms with E-state index in [4.69, 9.17) is 16.3 Å². The first-order valence-corrected chi connectivity index (χ1v) is 10.6. The summed E-state index contributed by atoms with van der Waals surface area (Å²) in [4.78, 5) is 19.4. The Morgan fingerprint density at radius 2 is 1.94 bits per heavy atom. The van der Waals surface area contributed by atoms with Crippen LogP contribution in [-0.2, 0) is 4.74 Å². The fourth-order valence-electron chi connectivity index (χ4n) is 3.71. The fourth-order valence-corrected chi connectivity index (χ4v) is 3.97. The summed E-state index contributed by atoms with van der Waals surface area (Å²) < 4.78 is 18.9. The molecule has 1 aliphatic rings. The van der Waals surface area contributed by atoms with E-state index < -0.39 is 0 Å². The number of halogens is 2. The minimum Gasteiger partial charge on any atom is -0.379 e. The number of carbonyl (C=O) groups excluding carboxylic acids is 1. The third kappa shape index (κ3) is 5.28. The van der Waals surface area contributed by atoms with Crippen LogP contribution in [0.1, 0.15) is 22.0 Å². The van der Waals surface area contributed by atoms with E-state index in [0.29, 0.717) is 41.6 Å². The third-order valence-electron chi connectivity index (χ3n) is 5.35. The summed E-state index contributed by atoms with van der Waals surface area (Å²) >= 11 is 6.45. The van der Waals surface area contributed by atoms with Crippen molar-refractivity contribution in [2.75, 3.05) is 32.8 Å². The molecule has 0 radical (unpaired) electrons. The molecule has 0 aliphatic carbocycles. The van der Waals surface area contributed by atoms with Gasteiger partial charge in [0, 0.05) is 36.4 Å². The number of carbonyl (C=O) groups is 1. The lowest BCUT2D eigenvalue weighted by Gasteiger charge is -2.35. The van der Waals surface area contributed by atoms with Crippen molar-refractivity contribution in [2.24, 2.45) is 0 Å². The quantitative estimate of drug-likeness (QED) is 0.620. The number of amides is 1. The van der Waals surface area contributed by atoms with Gasteiger partial charge in [0.05, 0.1) is 30.5 Å². The molecular formula is C24H23ClFN3O2. The summed E-state index contributed by atoms with van der Waals surface area (Å²) in [7, 11) is 0. The average molecular weight is 440 g/mol.